The molecule has 0 saturated carbocycles. The van der Waals surface area contributed by atoms with Crippen LogP contribution in [0.3, 0.4) is 0 Å². The summed E-state index contributed by atoms with van der Waals surface area (Å²) in [6.07, 6.45) is 1.03. The summed E-state index contributed by atoms with van der Waals surface area (Å²) >= 11 is 0. The maximum absolute atomic E-state index is 12.9. The van der Waals surface area contributed by atoms with Crippen molar-refractivity contribution in [2.75, 3.05) is 18.9 Å². The minimum Gasteiger partial charge on any atom is -0.325 e. The van der Waals surface area contributed by atoms with Crippen LogP contribution in [0, 0.1) is 5.82 Å². The lowest BCUT2D eigenvalue weighted by atomic mass is 9.97. The molecule has 0 spiro atoms. The van der Waals surface area contributed by atoms with Gasteiger partial charge >= 0.3 is 0 Å². The zero-order valence-corrected chi connectivity index (χ0v) is 14.6. The van der Waals surface area contributed by atoms with E-state index in [9.17, 15) is 9.18 Å². The van der Waals surface area contributed by atoms with Crippen molar-refractivity contribution in [2.45, 2.75) is 32.7 Å². The smallest absolute Gasteiger partial charge is 0.238 e. The molecule has 0 bridgehead atoms. The summed E-state index contributed by atoms with van der Waals surface area (Å²) < 4.78 is 12.9. The second-order valence-corrected chi connectivity index (χ2v) is 6.24. The Morgan fingerprint density at radius 1 is 1.17 bits per heavy atom. The van der Waals surface area contributed by atoms with Crippen LogP contribution < -0.4 is 5.32 Å². The van der Waals surface area contributed by atoms with E-state index in [1.54, 1.807) is 12.1 Å². The van der Waals surface area contributed by atoms with Crippen LogP contribution >= 0.6 is 0 Å². The monoisotopic (exact) mass is 328 g/mol. The highest BCUT2D eigenvalue weighted by atomic mass is 19.1. The first-order valence-corrected chi connectivity index (χ1v) is 8.31. The first-order valence-electron chi connectivity index (χ1n) is 8.31. The number of rotatable bonds is 7. The molecule has 2 aromatic carbocycles. The number of hydrogen-bond donors (Lipinski definition) is 1. The SMILES string of the molecule is CC[C@H](C)c1ccccc1NC(=O)CN(C)Cc1ccc(F)cc1. The first kappa shape index (κ1) is 18.1. The van der Waals surface area contributed by atoms with Crippen LogP contribution in [0.5, 0.6) is 0 Å². The minimum atomic E-state index is -0.249. The van der Waals surface area contributed by atoms with Gasteiger partial charge in [-0.2, -0.15) is 0 Å². The fraction of sp³-hybridized carbons (Fsp3) is 0.350. The summed E-state index contributed by atoms with van der Waals surface area (Å²) in [5, 5.41) is 3.01. The Kier molecular flexibility index (Phi) is 6.50. The van der Waals surface area contributed by atoms with Crippen molar-refractivity contribution < 1.29 is 9.18 Å². The summed E-state index contributed by atoms with van der Waals surface area (Å²) in [5.74, 6) is 0.106. The van der Waals surface area contributed by atoms with Crippen LogP contribution in [0.25, 0.3) is 0 Å². The predicted molar refractivity (Wildman–Crippen MR) is 96.5 cm³/mol. The maximum Gasteiger partial charge on any atom is 0.238 e. The Morgan fingerprint density at radius 3 is 2.50 bits per heavy atom. The minimum absolute atomic E-state index is 0.0460. The van der Waals surface area contributed by atoms with Crippen LogP contribution in [0.2, 0.25) is 0 Å². The summed E-state index contributed by atoms with van der Waals surface area (Å²) in [6.45, 7) is 5.18. The third kappa shape index (κ3) is 5.17. The molecular formula is C20H25FN2O. The zero-order valence-electron chi connectivity index (χ0n) is 14.6. The van der Waals surface area contributed by atoms with Crippen molar-refractivity contribution in [1.82, 2.24) is 4.90 Å². The van der Waals surface area contributed by atoms with Crippen LogP contribution in [-0.2, 0) is 11.3 Å². The van der Waals surface area contributed by atoms with Crippen LogP contribution in [0.1, 0.15) is 37.3 Å². The van der Waals surface area contributed by atoms with Gasteiger partial charge in [0.15, 0.2) is 0 Å². The lowest BCUT2D eigenvalue weighted by Crippen LogP contribution is -2.30. The zero-order chi connectivity index (χ0) is 17.5. The van der Waals surface area contributed by atoms with Gasteiger partial charge in [-0.3, -0.25) is 9.69 Å². The van der Waals surface area contributed by atoms with Gasteiger partial charge in [-0.15, -0.1) is 0 Å². The Labute approximate surface area is 143 Å². The molecule has 0 aliphatic heterocycles. The number of carbonyl (C=O) groups excluding carboxylic acids is 1. The van der Waals surface area contributed by atoms with Gasteiger partial charge in [0, 0.05) is 12.2 Å². The molecule has 2 aromatic rings. The number of amides is 1. The molecule has 1 amide bonds. The molecule has 0 fully saturated rings. The third-order valence-electron chi connectivity index (χ3n) is 4.16. The molecule has 1 atom stereocenters. The van der Waals surface area contributed by atoms with E-state index in [1.807, 2.05) is 30.1 Å². The number of nitrogens with zero attached hydrogens (tertiary/aromatic N) is 1. The second-order valence-electron chi connectivity index (χ2n) is 6.24. The van der Waals surface area contributed by atoms with Gasteiger partial charge < -0.3 is 5.32 Å². The highest BCUT2D eigenvalue weighted by Gasteiger charge is 2.12. The quantitative estimate of drug-likeness (QED) is 0.816. The molecule has 128 valence electrons. The molecule has 1 N–H and O–H groups in total. The van der Waals surface area contributed by atoms with Gasteiger partial charge in [0.25, 0.3) is 0 Å². The van der Waals surface area contributed by atoms with E-state index in [4.69, 9.17) is 0 Å². The van der Waals surface area contributed by atoms with E-state index in [2.05, 4.69) is 25.2 Å². The Morgan fingerprint density at radius 2 is 1.83 bits per heavy atom. The molecular weight excluding hydrogens is 303 g/mol. The largest absolute Gasteiger partial charge is 0.325 e. The van der Waals surface area contributed by atoms with Gasteiger partial charge in [-0.1, -0.05) is 44.2 Å². The van der Waals surface area contributed by atoms with Crippen molar-refractivity contribution in [1.29, 1.82) is 0 Å². The molecule has 3 nitrogen and oxygen atoms in total. The van der Waals surface area contributed by atoms with Gasteiger partial charge in [0.1, 0.15) is 5.82 Å². The number of halogens is 1. The lowest BCUT2D eigenvalue weighted by Gasteiger charge is -2.19. The topological polar surface area (TPSA) is 32.3 Å². The molecule has 24 heavy (non-hydrogen) atoms. The van der Waals surface area contributed by atoms with E-state index in [1.165, 1.54) is 12.1 Å². The summed E-state index contributed by atoms with van der Waals surface area (Å²) in [6, 6.07) is 14.3. The average molecular weight is 328 g/mol. The van der Waals surface area contributed by atoms with Gasteiger partial charge in [0.2, 0.25) is 5.91 Å². The number of likely N-dealkylation sites (N-methyl/N-ethyl adjacent to an activating group) is 1. The Hall–Kier alpha value is -2.20. The van der Waals surface area contributed by atoms with Crippen molar-refractivity contribution >= 4 is 11.6 Å². The van der Waals surface area contributed by atoms with Crippen molar-refractivity contribution in [3.63, 3.8) is 0 Å². The van der Waals surface area contributed by atoms with Crippen molar-refractivity contribution in [3.05, 3.63) is 65.5 Å². The molecule has 0 aliphatic carbocycles. The number of carbonyl (C=O) groups is 1. The summed E-state index contributed by atoms with van der Waals surface area (Å²) in [7, 11) is 1.88. The highest BCUT2D eigenvalue weighted by Crippen LogP contribution is 2.26. The van der Waals surface area contributed by atoms with Crippen molar-refractivity contribution in [3.8, 4) is 0 Å². The molecule has 0 heterocycles. The second kappa shape index (κ2) is 8.60. The number of hydrogen-bond acceptors (Lipinski definition) is 2. The standard InChI is InChI=1S/C20H25FN2O/c1-4-15(2)18-7-5-6-8-19(18)22-20(24)14-23(3)13-16-9-11-17(21)12-10-16/h5-12,15H,4,13-14H2,1-3H3,(H,22,24)/t15-/m0/s1. The van der Waals surface area contributed by atoms with Crippen molar-refractivity contribution in [2.24, 2.45) is 0 Å². The summed E-state index contributed by atoms with van der Waals surface area (Å²) in [5.41, 5.74) is 3.02. The van der Waals surface area contributed by atoms with Crippen LogP contribution in [-0.4, -0.2) is 24.4 Å². The lowest BCUT2D eigenvalue weighted by molar-refractivity contribution is -0.117. The Bertz CT molecular complexity index is 670. The molecule has 4 heteroatoms. The number of anilines is 1. The highest BCUT2D eigenvalue weighted by molar-refractivity contribution is 5.93. The average Bonchev–Trinajstić information content (AvgIpc) is 2.56. The van der Waals surface area contributed by atoms with Crippen LogP contribution in [0.15, 0.2) is 48.5 Å². The normalized spacial score (nSPS) is 12.2. The molecule has 0 aromatic heterocycles. The molecule has 0 aliphatic rings. The van der Waals surface area contributed by atoms with E-state index in [-0.39, 0.29) is 18.3 Å². The molecule has 0 radical (unpaired) electrons. The van der Waals surface area contributed by atoms with Gasteiger partial charge in [0.05, 0.1) is 6.54 Å². The van der Waals surface area contributed by atoms with Gasteiger partial charge in [-0.25, -0.2) is 4.39 Å². The summed E-state index contributed by atoms with van der Waals surface area (Å²) in [4.78, 5) is 14.2. The third-order valence-corrected chi connectivity index (χ3v) is 4.16. The number of nitrogens with one attached hydrogen (secondary N) is 1. The van der Waals surface area contributed by atoms with E-state index < -0.39 is 0 Å². The van der Waals surface area contributed by atoms with E-state index in [0.717, 1.165) is 23.2 Å². The van der Waals surface area contributed by atoms with Gasteiger partial charge in [-0.05, 0) is 48.7 Å². The molecule has 0 unspecified atom stereocenters. The van der Waals surface area contributed by atoms with E-state index >= 15 is 0 Å². The molecule has 0 saturated heterocycles. The fourth-order valence-electron chi connectivity index (χ4n) is 2.65. The number of para-hydroxylation sites is 1. The Balaban J connectivity index is 1.94. The van der Waals surface area contributed by atoms with Crippen LogP contribution in [0.4, 0.5) is 10.1 Å². The predicted octanol–water partition coefficient (Wildman–Crippen LogP) is 4.41. The fourth-order valence-corrected chi connectivity index (χ4v) is 2.65. The first-order chi connectivity index (χ1) is 11.5. The number of benzene rings is 2. The van der Waals surface area contributed by atoms with E-state index in [0.29, 0.717) is 12.5 Å². The molecule has 2 rings (SSSR count). The maximum atomic E-state index is 12.9.